The van der Waals surface area contributed by atoms with E-state index in [1.165, 1.54) is 23.1 Å². The predicted octanol–water partition coefficient (Wildman–Crippen LogP) is 1.50. The summed E-state index contributed by atoms with van der Waals surface area (Å²) in [5, 5.41) is 1.15. The van der Waals surface area contributed by atoms with Gasteiger partial charge in [0, 0.05) is 17.5 Å². The highest BCUT2D eigenvalue weighted by molar-refractivity contribution is 7.94. The van der Waals surface area contributed by atoms with Gasteiger partial charge in [-0.2, -0.15) is 0 Å². The number of sulfone groups is 1. The molecule has 0 aromatic heterocycles. The number of carbonyl (C=O) groups is 2. The van der Waals surface area contributed by atoms with Crippen molar-refractivity contribution in [1.82, 2.24) is 4.90 Å². The number of hydrogen-bond acceptors (Lipinski definition) is 5. The fourth-order valence-corrected chi connectivity index (χ4v) is 4.17. The quantitative estimate of drug-likeness (QED) is 0.758. The molecule has 2 aromatic rings. The molecule has 0 fully saturated rings. The lowest BCUT2D eigenvalue weighted by Gasteiger charge is -2.27. The molecule has 28 heavy (non-hydrogen) atoms. The van der Waals surface area contributed by atoms with Crippen LogP contribution in [0.3, 0.4) is 0 Å². The minimum atomic E-state index is -3.31. The summed E-state index contributed by atoms with van der Waals surface area (Å²) in [5.74, 6) is -0.619. The van der Waals surface area contributed by atoms with Gasteiger partial charge in [-0.25, -0.2) is 8.42 Å². The predicted molar refractivity (Wildman–Crippen MR) is 104 cm³/mol. The van der Waals surface area contributed by atoms with Crippen LogP contribution in [0.25, 0.3) is 0 Å². The lowest BCUT2D eigenvalue weighted by molar-refractivity contribution is -0.135. The van der Waals surface area contributed by atoms with Crippen molar-refractivity contribution in [2.75, 3.05) is 12.4 Å². The van der Waals surface area contributed by atoms with Crippen LogP contribution in [0.15, 0.2) is 66.1 Å². The smallest absolute Gasteiger partial charge is 0.261 e. The third-order valence-corrected chi connectivity index (χ3v) is 5.71. The molecule has 0 bridgehead atoms. The van der Waals surface area contributed by atoms with Gasteiger partial charge < -0.3 is 15.4 Å². The van der Waals surface area contributed by atoms with Crippen LogP contribution in [0, 0.1) is 0 Å². The van der Waals surface area contributed by atoms with Crippen LogP contribution in [0.2, 0.25) is 0 Å². The normalized spacial score (nSPS) is 17.2. The van der Waals surface area contributed by atoms with Crippen LogP contribution in [-0.4, -0.2) is 43.5 Å². The van der Waals surface area contributed by atoms with E-state index in [1.54, 1.807) is 12.1 Å². The zero-order valence-corrected chi connectivity index (χ0v) is 15.8. The number of ether oxygens (including phenoxy) is 1. The number of amides is 2. The van der Waals surface area contributed by atoms with Crippen LogP contribution in [-0.2, 0) is 21.2 Å². The van der Waals surface area contributed by atoms with Crippen molar-refractivity contribution in [1.29, 1.82) is 0 Å². The first-order chi connectivity index (χ1) is 13.3. The molecule has 0 aliphatic carbocycles. The second-order valence-electron chi connectivity index (χ2n) is 6.41. The van der Waals surface area contributed by atoms with Gasteiger partial charge in [-0.3, -0.25) is 9.59 Å². The highest BCUT2D eigenvalue weighted by atomic mass is 32.2. The molecule has 1 heterocycles. The van der Waals surface area contributed by atoms with Crippen molar-refractivity contribution in [2.24, 2.45) is 5.73 Å². The largest absolute Gasteiger partial charge is 0.484 e. The van der Waals surface area contributed by atoms with E-state index in [0.29, 0.717) is 11.3 Å². The molecule has 1 aliphatic rings. The van der Waals surface area contributed by atoms with E-state index >= 15 is 0 Å². The number of nitrogens with two attached hydrogens (primary N) is 1. The Labute approximate surface area is 163 Å². The van der Waals surface area contributed by atoms with Crippen molar-refractivity contribution in [3.63, 3.8) is 0 Å². The summed E-state index contributed by atoms with van der Waals surface area (Å²) in [6.45, 7) is 0.0152. The monoisotopic (exact) mass is 400 g/mol. The first kappa shape index (κ1) is 19.6. The van der Waals surface area contributed by atoms with E-state index < -0.39 is 21.8 Å². The molecular weight excluding hydrogens is 380 g/mol. The summed E-state index contributed by atoms with van der Waals surface area (Å²) in [6, 6.07) is 14.9. The maximum absolute atomic E-state index is 12.8. The Morgan fingerprint density at radius 1 is 1.07 bits per heavy atom. The summed E-state index contributed by atoms with van der Waals surface area (Å²) in [7, 11) is -3.31. The number of primary amides is 1. The Kier molecular flexibility index (Phi) is 5.79. The van der Waals surface area contributed by atoms with Crippen LogP contribution < -0.4 is 10.5 Å². The molecule has 1 atom stereocenters. The minimum Gasteiger partial charge on any atom is -0.484 e. The van der Waals surface area contributed by atoms with E-state index in [1.807, 2.05) is 30.3 Å². The third kappa shape index (κ3) is 4.98. The lowest BCUT2D eigenvalue weighted by Crippen LogP contribution is -2.42. The Morgan fingerprint density at radius 3 is 2.32 bits per heavy atom. The molecule has 0 radical (unpaired) electrons. The molecule has 2 amide bonds. The molecule has 2 N–H and O–H groups in total. The Hall–Kier alpha value is -3.13. The van der Waals surface area contributed by atoms with Crippen LogP contribution in [0.1, 0.15) is 15.9 Å². The zero-order valence-electron chi connectivity index (χ0n) is 15.0. The maximum atomic E-state index is 12.8. The van der Waals surface area contributed by atoms with E-state index in [4.69, 9.17) is 10.5 Å². The first-order valence-corrected chi connectivity index (χ1v) is 10.3. The molecule has 8 heteroatoms. The lowest BCUT2D eigenvalue weighted by atomic mass is 10.1. The molecule has 1 aliphatic heterocycles. The van der Waals surface area contributed by atoms with Gasteiger partial charge in [0.1, 0.15) is 5.75 Å². The molecule has 0 saturated heterocycles. The van der Waals surface area contributed by atoms with Crippen molar-refractivity contribution in [2.45, 2.75) is 12.6 Å². The Balaban J connectivity index is 1.71. The number of rotatable bonds is 7. The van der Waals surface area contributed by atoms with Gasteiger partial charge in [-0.05, 0) is 35.9 Å². The average Bonchev–Trinajstić information content (AvgIpc) is 3.04. The second kappa shape index (κ2) is 8.26. The van der Waals surface area contributed by atoms with Crippen LogP contribution in [0.5, 0.6) is 5.75 Å². The summed E-state index contributed by atoms with van der Waals surface area (Å²) < 4.78 is 29.1. The summed E-state index contributed by atoms with van der Waals surface area (Å²) in [6.07, 6.45) is 1.53. The molecule has 3 rings (SSSR count). The van der Waals surface area contributed by atoms with Gasteiger partial charge in [0.25, 0.3) is 5.91 Å². The summed E-state index contributed by atoms with van der Waals surface area (Å²) >= 11 is 0. The fraction of sp³-hybridized carbons (Fsp3) is 0.200. The van der Waals surface area contributed by atoms with Gasteiger partial charge in [-0.15, -0.1) is 0 Å². The topological polar surface area (TPSA) is 107 Å². The average molecular weight is 400 g/mol. The SMILES string of the molecule is NC(=O)c1ccc(OCC(=O)N(Cc2ccccc2)[C@H]2C=CS(=O)(=O)C2)cc1. The molecule has 0 saturated carbocycles. The van der Waals surface area contributed by atoms with E-state index in [9.17, 15) is 18.0 Å². The van der Waals surface area contributed by atoms with E-state index in [0.717, 1.165) is 11.0 Å². The second-order valence-corrected chi connectivity index (χ2v) is 8.34. The number of benzene rings is 2. The highest BCUT2D eigenvalue weighted by Gasteiger charge is 2.30. The summed E-state index contributed by atoms with van der Waals surface area (Å²) in [4.78, 5) is 25.4. The third-order valence-electron chi connectivity index (χ3n) is 4.33. The number of hydrogen-bond donors (Lipinski definition) is 1. The highest BCUT2D eigenvalue weighted by Crippen LogP contribution is 2.19. The van der Waals surface area contributed by atoms with Gasteiger partial charge in [0.05, 0.1) is 11.8 Å². The van der Waals surface area contributed by atoms with Crippen molar-refractivity contribution in [3.8, 4) is 5.75 Å². The molecule has 146 valence electrons. The number of nitrogens with zero attached hydrogens (tertiary/aromatic N) is 1. The van der Waals surface area contributed by atoms with Gasteiger partial charge >= 0.3 is 0 Å². The van der Waals surface area contributed by atoms with Crippen LogP contribution >= 0.6 is 0 Å². The number of carbonyl (C=O) groups excluding carboxylic acids is 2. The fourth-order valence-electron chi connectivity index (χ4n) is 2.87. The van der Waals surface area contributed by atoms with Crippen molar-refractivity contribution in [3.05, 3.63) is 77.2 Å². The minimum absolute atomic E-state index is 0.140. The molecule has 0 spiro atoms. The molecule has 7 nitrogen and oxygen atoms in total. The van der Waals surface area contributed by atoms with Gasteiger partial charge in [-0.1, -0.05) is 30.3 Å². The van der Waals surface area contributed by atoms with E-state index in [2.05, 4.69) is 0 Å². The van der Waals surface area contributed by atoms with Gasteiger partial charge in [0.15, 0.2) is 16.4 Å². The van der Waals surface area contributed by atoms with E-state index in [-0.39, 0.29) is 24.8 Å². The van der Waals surface area contributed by atoms with Crippen molar-refractivity contribution < 1.29 is 22.7 Å². The Morgan fingerprint density at radius 2 is 1.75 bits per heavy atom. The van der Waals surface area contributed by atoms with Crippen molar-refractivity contribution >= 4 is 21.7 Å². The molecule has 0 unspecified atom stereocenters. The van der Waals surface area contributed by atoms with Gasteiger partial charge in [0.2, 0.25) is 5.91 Å². The Bertz CT molecular complexity index is 985. The summed E-state index contributed by atoms with van der Waals surface area (Å²) in [5.41, 5.74) is 6.42. The zero-order chi connectivity index (χ0) is 20.1. The maximum Gasteiger partial charge on any atom is 0.261 e. The van der Waals surface area contributed by atoms with Crippen LogP contribution in [0.4, 0.5) is 0 Å². The molecular formula is C20H20N2O5S. The molecule has 2 aromatic carbocycles. The standard InChI is InChI=1S/C20H20N2O5S/c21-20(24)16-6-8-18(9-7-16)27-13-19(23)22(12-15-4-2-1-3-5-15)17-10-11-28(25,26)14-17/h1-11,17H,12-14H2,(H2,21,24)/t17-/m0/s1. The first-order valence-electron chi connectivity index (χ1n) is 8.61.